The Hall–Kier alpha value is -2.84. The highest BCUT2D eigenvalue weighted by Gasteiger charge is 2.67. The topological polar surface area (TPSA) is 76.0 Å². The molecule has 1 aliphatic rings. The van der Waals surface area contributed by atoms with Crippen molar-refractivity contribution in [3.63, 3.8) is 0 Å². The van der Waals surface area contributed by atoms with Gasteiger partial charge in [0.15, 0.2) is 0 Å². The maximum absolute atomic E-state index is 13.7. The summed E-state index contributed by atoms with van der Waals surface area (Å²) in [5.74, 6) is -2.84. The van der Waals surface area contributed by atoms with Crippen molar-refractivity contribution in [3.8, 4) is 0 Å². The zero-order chi connectivity index (χ0) is 16.1. The molecular formula is C13H9F3N4O2. The monoisotopic (exact) mass is 310 g/mol. The van der Waals surface area contributed by atoms with E-state index >= 15 is 0 Å². The van der Waals surface area contributed by atoms with E-state index in [1.807, 2.05) is 0 Å². The molecule has 0 saturated heterocycles. The second-order valence-electron chi connectivity index (χ2n) is 4.62. The van der Waals surface area contributed by atoms with Crippen molar-refractivity contribution in [2.45, 2.75) is 11.8 Å². The molecule has 0 bridgehead atoms. The maximum atomic E-state index is 13.7. The Balaban J connectivity index is 2.34. The first-order valence-electron chi connectivity index (χ1n) is 6.12. The van der Waals surface area contributed by atoms with Crippen LogP contribution in [0.4, 0.5) is 19.1 Å². The van der Waals surface area contributed by atoms with E-state index in [1.54, 1.807) is 11.4 Å². The highest BCUT2D eigenvalue weighted by Crippen LogP contribution is 2.43. The molecule has 2 aromatic rings. The minimum absolute atomic E-state index is 0.0672. The van der Waals surface area contributed by atoms with Crippen molar-refractivity contribution >= 4 is 28.8 Å². The molecule has 0 radical (unpaired) electrons. The molecule has 1 atom stereocenters. The number of carbonyl (C=O) groups excluding carboxylic acids is 2. The summed E-state index contributed by atoms with van der Waals surface area (Å²) in [6.07, 6.45) is -4.41. The minimum atomic E-state index is -5.08. The summed E-state index contributed by atoms with van der Waals surface area (Å²) >= 11 is 0. The Morgan fingerprint density at radius 3 is 2.73 bits per heavy atom. The Kier molecular flexibility index (Phi) is 2.77. The first-order valence-corrected chi connectivity index (χ1v) is 6.12. The number of halogens is 3. The van der Waals surface area contributed by atoms with Crippen molar-refractivity contribution < 1.29 is 22.8 Å². The molecule has 0 saturated carbocycles. The number of fused-ring (bicyclic) bond motifs is 3. The summed E-state index contributed by atoms with van der Waals surface area (Å²) in [7, 11) is 0. The van der Waals surface area contributed by atoms with Gasteiger partial charge in [0.25, 0.3) is 11.6 Å². The lowest BCUT2D eigenvalue weighted by atomic mass is 10.1. The molecule has 3 rings (SSSR count). The summed E-state index contributed by atoms with van der Waals surface area (Å²) in [6, 6.07) is 6.00. The van der Waals surface area contributed by atoms with Gasteiger partial charge in [0.05, 0.1) is 11.0 Å². The second-order valence-corrected chi connectivity index (χ2v) is 4.62. The highest BCUT2D eigenvalue weighted by molar-refractivity contribution is 6.05. The number of benzene rings is 1. The predicted octanol–water partition coefficient (Wildman–Crippen LogP) is 1.51. The maximum Gasteiger partial charge on any atom is 0.440 e. The lowest BCUT2D eigenvalue weighted by Gasteiger charge is -2.31. The smallest absolute Gasteiger partial charge is 0.314 e. The fraction of sp³-hybridized carbons (Fsp3) is 0.154. The van der Waals surface area contributed by atoms with Crippen LogP contribution in [-0.4, -0.2) is 27.5 Å². The van der Waals surface area contributed by atoms with Crippen LogP contribution in [0.15, 0.2) is 36.9 Å². The van der Waals surface area contributed by atoms with Gasteiger partial charge in [-0.15, -0.1) is 0 Å². The molecule has 2 heterocycles. The van der Waals surface area contributed by atoms with Crippen LogP contribution in [0.5, 0.6) is 0 Å². The van der Waals surface area contributed by atoms with Crippen LogP contribution >= 0.6 is 0 Å². The molecule has 2 N–H and O–H groups in total. The number of amides is 2. The second kappa shape index (κ2) is 4.33. The van der Waals surface area contributed by atoms with Gasteiger partial charge in [0.1, 0.15) is 0 Å². The zero-order valence-electron chi connectivity index (χ0n) is 10.9. The third-order valence-corrected chi connectivity index (χ3v) is 3.35. The van der Waals surface area contributed by atoms with Gasteiger partial charge < -0.3 is 5.32 Å². The summed E-state index contributed by atoms with van der Waals surface area (Å²) < 4.78 is 41.7. The zero-order valence-corrected chi connectivity index (χ0v) is 10.9. The van der Waals surface area contributed by atoms with Crippen molar-refractivity contribution in [2.24, 2.45) is 0 Å². The molecule has 9 heteroatoms. The summed E-state index contributed by atoms with van der Waals surface area (Å²) in [5, 5.41) is 3.75. The SMILES string of the molecule is C=CC(=O)NC1(C(F)(F)F)C(=O)Nc2nc3ccccc3n21. The molecule has 2 amide bonds. The van der Waals surface area contributed by atoms with E-state index in [1.165, 1.54) is 18.2 Å². The normalized spacial score (nSPS) is 20.6. The van der Waals surface area contributed by atoms with Crippen LogP contribution in [0.1, 0.15) is 0 Å². The Bertz CT molecular complexity index is 811. The molecular weight excluding hydrogens is 301 g/mol. The van der Waals surface area contributed by atoms with Gasteiger partial charge in [0.2, 0.25) is 11.9 Å². The van der Waals surface area contributed by atoms with Crippen molar-refractivity contribution in [1.29, 1.82) is 0 Å². The van der Waals surface area contributed by atoms with Gasteiger partial charge in [-0.3, -0.25) is 19.5 Å². The van der Waals surface area contributed by atoms with Crippen LogP contribution < -0.4 is 10.6 Å². The lowest BCUT2D eigenvalue weighted by molar-refractivity contribution is -0.217. The molecule has 0 spiro atoms. The van der Waals surface area contributed by atoms with E-state index in [4.69, 9.17) is 0 Å². The number of carbonyl (C=O) groups is 2. The summed E-state index contributed by atoms with van der Waals surface area (Å²) in [5.41, 5.74) is -2.93. The van der Waals surface area contributed by atoms with E-state index in [-0.39, 0.29) is 17.0 Å². The quantitative estimate of drug-likeness (QED) is 0.826. The molecule has 6 nitrogen and oxygen atoms in total. The molecule has 1 aromatic heterocycles. The van der Waals surface area contributed by atoms with Gasteiger partial charge in [-0.1, -0.05) is 18.7 Å². The standard InChI is InChI=1S/C13H9F3N4O2/c1-2-9(21)19-12(13(14,15)16)10(22)18-11-17-7-5-3-4-6-8(7)20(11)12/h2-6H,1H2,(H,19,21)(H,17,18,22). The summed E-state index contributed by atoms with van der Waals surface area (Å²) in [6.45, 7) is 3.11. The van der Waals surface area contributed by atoms with Crippen molar-refractivity contribution in [3.05, 3.63) is 36.9 Å². The Morgan fingerprint density at radius 1 is 1.41 bits per heavy atom. The molecule has 0 fully saturated rings. The average molecular weight is 310 g/mol. The van der Waals surface area contributed by atoms with E-state index < -0.39 is 23.7 Å². The van der Waals surface area contributed by atoms with Crippen LogP contribution in [0.25, 0.3) is 11.0 Å². The molecule has 114 valence electrons. The fourth-order valence-electron chi connectivity index (χ4n) is 2.41. The first kappa shape index (κ1) is 14.1. The molecule has 1 unspecified atom stereocenters. The van der Waals surface area contributed by atoms with Crippen LogP contribution in [-0.2, 0) is 15.3 Å². The number of aromatic nitrogens is 2. The number of imidazole rings is 1. The van der Waals surface area contributed by atoms with Crippen LogP contribution in [0.2, 0.25) is 0 Å². The van der Waals surface area contributed by atoms with E-state index in [0.29, 0.717) is 10.6 Å². The summed E-state index contributed by atoms with van der Waals surface area (Å²) in [4.78, 5) is 27.4. The number of nitrogens with one attached hydrogen (secondary N) is 2. The number of nitrogens with zero attached hydrogens (tertiary/aromatic N) is 2. The molecule has 22 heavy (non-hydrogen) atoms. The number of hydrogen-bond donors (Lipinski definition) is 2. The molecule has 1 aliphatic heterocycles. The number of anilines is 1. The highest BCUT2D eigenvalue weighted by atomic mass is 19.4. The Labute approximate surface area is 121 Å². The molecule has 1 aromatic carbocycles. The van der Waals surface area contributed by atoms with Gasteiger partial charge in [-0.05, 0) is 18.2 Å². The largest absolute Gasteiger partial charge is 0.440 e. The predicted molar refractivity (Wildman–Crippen MR) is 70.7 cm³/mol. The van der Waals surface area contributed by atoms with E-state index in [2.05, 4.69) is 16.9 Å². The van der Waals surface area contributed by atoms with Gasteiger partial charge in [-0.2, -0.15) is 13.2 Å². The lowest BCUT2D eigenvalue weighted by Crippen LogP contribution is -2.63. The molecule has 0 aliphatic carbocycles. The fourth-order valence-corrected chi connectivity index (χ4v) is 2.41. The van der Waals surface area contributed by atoms with Crippen LogP contribution in [0.3, 0.4) is 0 Å². The third kappa shape index (κ3) is 1.65. The number of alkyl halides is 3. The number of rotatable bonds is 2. The number of hydrogen-bond acceptors (Lipinski definition) is 3. The van der Waals surface area contributed by atoms with Gasteiger partial charge in [-0.25, -0.2) is 4.98 Å². The number of para-hydroxylation sites is 2. The minimum Gasteiger partial charge on any atom is -0.314 e. The van der Waals surface area contributed by atoms with E-state index in [0.717, 1.165) is 0 Å². The first-order chi connectivity index (χ1) is 10.3. The van der Waals surface area contributed by atoms with E-state index in [9.17, 15) is 22.8 Å². The van der Waals surface area contributed by atoms with Crippen LogP contribution in [0, 0.1) is 0 Å². The van der Waals surface area contributed by atoms with Crippen molar-refractivity contribution in [1.82, 2.24) is 14.9 Å². The Morgan fingerprint density at radius 2 is 2.09 bits per heavy atom. The van der Waals surface area contributed by atoms with Crippen molar-refractivity contribution in [2.75, 3.05) is 5.32 Å². The third-order valence-electron chi connectivity index (χ3n) is 3.35. The van der Waals surface area contributed by atoms with Gasteiger partial charge >= 0.3 is 6.18 Å². The van der Waals surface area contributed by atoms with Gasteiger partial charge in [0, 0.05) is 0 Å². The average Bonchev–Trinajstić information content (AvgIpc) is 2.93.